The van der Waals surface area contributed by atoms with E-state index in [2.05, 4.69) is 0 Å². The normalized spacial score (nSPS) is 19.4. The van der Waals surface area contributed by atoms with Crippen LogP contribution in [0.5, 0.6) is 0 Å². The Kier molecular flexibility index (Phi) is 7.67. The van der Waals surface area contributed by atoms with Gasteiger partial charge in [0.1, 0.15) is 5.82 Å². The summed E-state index contributed by atoms with van der Waals surface area (Å²) in [5.74, 6) is -0.453. The lowest BCUT2D eigenvalue weighted by molar-refractivity contribution is -0.218. The zero-order valence-electron chi connectivity index (χ0n) is 18.8. The molecule has 0 bridgehead atoms. The van der Waals surface area contributed by atoms with E-state index in [0.717, 1.165) is 5.56 Å². The van der Waals surface area contributed by atoms with E-state index in [1.165, 1.54) is 12.1 Å². The SMILES string of the molecule is Fc1ccc([C@H]2[C@@H](OCc3cc(C(F)(F)F)cc(C(F)(F)F)c3)OCCN2Cc2ccccc2)cc1. The van der Waals surface area contributed by atoms with Crippen LogP contribution >= 0.6 is 0 Å². The number of morpholine rings is 1. The van der Waals surface area contributed by atoms with Gasteiger partial charge in [0.25, 0.3) is 0 Å². The summed E-state index contributed by atoms with van der Waals surface area (Å²) in [6, 6.07) is 15.9. The van der Waals surface area contributed by atoms with E-state index in [-0.39, 0.29) is 18.2 Å². The quantitative estimate of drug-likeness (QED) is 0.332. The van der Waals surface area contributed by atoms with Gasteiger partial charge in [-0.25, -0.2) is 4.39 Å². The first kappa shape index (κ1) is 26.1. The van der Waals surface area contributed by atoms with Gasteiger partial charge in [-0.2, -0.15) is 26.3 Å². The number of ether oxygens (including phenoxy) is 2. The molecule has 1 aliphatic heterocycles. The molecular formula is C26H22F7NO2. The molecule has 0 aromatic heterocycles. The van der Waals surface area contributed by atoms with E-state index >= 15 is 0 Å². The minimum atomic E-state index is -4.96. The largest absolute Gasteiger partial charge is 0.416 e. The van der Waals surface area contributed by atoms with Crippen molar-refractivity contribution in [2.24, 2.45) is 0 Å². The zero-order valence-corrected chi connectivity index (χ0v) is 18.8. The van der Waals surface area contributed by atoms with Crippen molar-refractivity contribution in [3.8, 4) is 0 Å². The fourth-order valence-corrected chi connectivity index (χ4v) is 4.13. The van der Waals surface area contributed by atoms with Crippen molar-refractivity contribution in [1.29, 1.82) is 0 Å². The van der Waals surface area contributed by atoms with E-state index in [1.807, 2.05) is 35.2 Å². The summed E-state index contributed by atoms with van der Waals surface area (Å²) in [6.45, 7) is 0.645. The Balaban J connectivity index is 1.61. The van der Waals surface area contributed by atoms with Crippen molar-refractivity contribution < 1.29 is 40.2 Å². The fourth-order valence-electron chi connectivity index (χ4n) is 4.13. The number of hydrogen-bond acceptors (Lipinski definition) is 3. The van der Waals surface area contributed by atoms with E-state index in [4.69, 9.17) is 9.47 Å². The highest BCUT2D eigenvalue weighted by molar-refractivity contribution is 5.33. The average molecular weight is 513 g/mol. The van der Waals surface area contributed by atoms with E-state index in [9.17, 15) is 30.7 Å². The molecule has 0 N–H and O–H groups in total. The van der Waals surface area contributed by atoms with E-state index in [0.29, 0.717) is 30.8 Å². The number of nitrogens with zero attached hydrogens (tertiary/aromatic N) is 1. The summed E-state index contributed by atoms with van der Waals surface area (Å²) < 4.78 is 105. The highest BCUT2D eigenvalue weighted by Crippen LogP contribution is 2.37. The van der Waals surface area contributed by atoms with Crippen LogP contribution in [0, 0.1) is 5.82 Å². The third-order valence-electron chi connectivity index (χ3n) is 5.81. The van der Waals surface area contributed by atoms with Gasteiger partial charge in [0.15, 0.2) is 6.29 Å². The Bertz CT molecular complexity index is 1120. The Morgan fingerprint density at radius 1 is 0.806 bits per heavy atom. The maximum atomic E-state index is 13.6. The minimum absolute atomic E-state index is 0.0729. The first-order valence-corrected chi connectivity index (χ1v) is 11.1. The van der Waals surface area contributed by atoms with Gasteiger partial charge in [0.05, 0.1) is 30.4 Å². The van der Waals surface area contributed by atoms with Crippen LogP contribution in [0.15, 0.2) is 72.8 Å². The summed E-state index contributed by atoms with van der Waals surface area (Å²) in [5.41, 5.74) is -1.50. The van der Waals surface area contributed by atoms with Gasteiger partial charge in [0.2, 0.25) is 0 Å². The second-order valence-corrected chi connectivity index (χ2v) is 8.42. The topological polar surface area (TPSA) is 21.7 Å². The highest BCUT2D eigenvalue weighted by atomic mass is 19.4. The third-order valence-corrected chi connectivity index (χ3v) is 5.81. The predicted molar refractivity (Wildman–Crippen MR) is 117 cm³/mol. The Hall–Kier alpha value is -2.95. The van der Waals surface area contributed by atoms with Crippen molar-refractivity contribution in [2.75, 3.05) is 13.2 Å². The van der Waals surface area contributed by atoms with Crippen LogP contribution in [-0.2, 0) is 35.0 Å². The monoisotopic (exact) mass is 513 g/mol. The molecule has 0 spiro atoms. The van der Waals surface area contributed by atoms with Crippen molar-refractivity contribution >= 4 is 0 Å². The minimum Gasteiger partial charge on any atom is -0.349 e. The van der Waals surface area contributed by atoms with Crippen LogP contribution in [0.1, 0.15) is 33.9 Å². The fraction of sp³-hybridized carbons (Fsp3) is 0.308. The first-order valence-electron chi connectivity index (χ1n) is 11.1. The van der Waals surface area contributed by atoms with Crippen LogP contribution < -0.4 is 0 Å². The van der Waals surface area contributed by atoms with Gasteiger partial charge in [0, 0.05) is 13.1 Å². The van der Waals surface area contributed by atoms with Crippen LogP contribution in [0.25, 0.3) is 0 Å². The van der Waals surface area contributed by atoms with Gasteiger partial charge >= 0.3 is 12.4 Å². The second kappa shape index (κ2) is 10.6. The standard InChI is InChI=1S/C26H22F7NO2/c27-22-8-6-19(7-9-22)23-24(35-11-10-34(23)15-17-4-2-1-3-5-17)36-16-18-12-20(25(28,29)30)14-21(13-18)26(31,32)33/h1-9,12-14,23-24H,10-11,15-16H2/t23-,24+/m0/s1. The summed E-state index contributed by atoms with van der Waals surface area (Å²) in [4.78, 5) is 2.02. The maximum absolute atomic E-state index is 13.6. The molecule has 192 valence electrons. The lowest BCUT2D eigenvalue weighted by atomic mass is 10.0. The molecule has 3 aromatic rings. The molecule has 1 saturated heterocycles. The molecule has 0 aliphatic carbocycles. The van der Waals surface area contributed by atoms with E-state index < -0.39 is 48.2 Å². The number of hydrogen-bond donors (Lipinski definition) is 0. The third kappa shape index (κ3) is 6.43. The molecule has 0 unspecified atom stereocenters. The molecule has 3 aromatic carbocycles. The zero-order chi connectivity index (χ0) is 25.9. The summed E-state index contributed by atoms with van der Waals surface area (Å²) in [7, 11) is 0. The van der Waals surface area contributed by atoms with Crippen molar-refractivity contribution in [2.45, 2.75) is 37.8 Å². The van der Waals surface area contributed by atoms with Gasteiger partial charge in [-0.1, -0.05) is 42.5 Å². The number of benzene rings is 3. The lowest BCUT2D eigenvalue weighted by Gasteiger charge is -2.41. The Morgan fingerprint density at radius 3 is 2.00 bits per heavy atom. The highest BCUT2D eigenvalue weighted by Gasteiger charge is 2.38. The molecule has 1 aliphatic rings. The Morgan fingerprint density at radius 2 is 1.42 bits per heavy atom. The molecule has 0 amide bonds. The van der Waals surface area contributed by atoms with Gasteiger partial charge in [-0.3, -0.25) is 4.90 Å². The maximum Gasteiger partial charge on any atom is 0.416 e. The van der Waals surface area contributed by atoms with Crippen LogP contribution in [-0.4, -0.2) is 24.3 Å². The molecular weight excluding hydrogens is 491 g/mol. The number of rotatable bonds is 6. The molecule has 4 rings (SSSR count). The summed E-state index contributed by atoms with van der Waals surface area (Å²) in [5, 5.41) is 0. The van der Waals surface area contributed by atoms with Gasteiger partial charge in [-0.15, -0.1) is 0 Å². The molecule has 36 heavy (non-hydrogen) atoms. The molecule has 0 saturated carbocycles. The average Bonchev–Trinajstić information content (AvgIpc) is 2.83. The molecule has 10 heteroatoms. The van der Waals surface area contributed by atoms with Crippen LogP contribution in [0.4, 0.5) is 30.7 Å². The van der Waals surface area contributed by atoms with Crippen LogP contribution in [0.3, 0.4) is 0 Å². The van der Waals surface area contributed by atoms with Gasteiger partial charge in [-0.05, 0) is 47.0 Å². The van der Waals surface area contributed by atoms with Crippen molar-refractivity contribution in [3.05, 3.63) is 106 Å². The van der Waals surface area contributed by atoms with Crippen molar-refractivity contribution in [3.63, 3.8) is 0 Å². The second-order valence-electron chi connectivity index (χ2n) is 8.42. The molecule has 1 fully saturated rings. The summed E-state index contributed by atoms with van der Waals surface area (Å²) in [6.07, 6.45) is -10.9. The van der Waals surface area contributed by atoms with E-state index in [1.54, 1.807) is 12.1 Å². The van der Waals surface area contributed by atoms with Crippen LogP contribution in [0.2, 0.25) is 0 Å². The van der Waals surface area contributed by atoms with Crippen molar-refractivity contribution in [1.82, 2.24) is 4.90 Å². The number of halogens is 7. The lowest BCUT2D eigenvalue weighted by Crippen LogP contribution is -2.46. The molecule has 2 atom stereocenters. The molecule has 3 nitrogen and oxygen atoms in total. The predicted octanol–water partition coefficient (Wildman–Crippen LogP) is 6.98. The number of alkyl halides is 6. The summed E-state index contributed by atoms with van der Waals surface area (Å²) >= 11 is 0. The first-order chi connectivity index (χ1) is 17.0. The smallest absolute Gasteiger partial charge is 0.349 e. The van der Waals surface area contributed by atoms with Gasteiger partial charge < -0.3 is 9.47 Å². The Labute approximate surface area is 203 Å². The molecule has 1 heterocycles. The molecule has 0 radical (unpaired) electrons.